The number of ether oxygens (including phenoxy) is 3. The van der Waals surface area contributed by atoms with Gasteiger partial charge in [-0.3, -0.25) is 9.59 Å². The molecule has 3 aliphatic carbocycles. The summed E-state index contributed by atoms with van der Waals surface area (Å²) in [6.07, 6.45) is -0.168. The van der Waals surface area contributed by atoms with Gasteiger partial charge in [0.25, 0.3) is 0 Å². The van der Waals surface area contributed by atoms with Crippen molar-refractivity contribution in [3.8, 4) is 0 Å². The quantitative estimate of drug-likeness (QED) is 0.566. The van der Waals surface area contributed by atoms with Crippen LogP contribution in [-0.2, 0) is 23.8 Å². The monoisotopic (exact) mass is 210 g/mol. The number of hydrogen-bond donors (Lipinski definition) is 0. The van der Waals surface area contributed by atoms with E-state index in [1.165, 1.54) is 14.2 Å². The van der Waals surface area contributed by atoms with Crippen molar-refractivity contribution >= 4 is 11.9 Å². The topological polar surface area (TPSA) is 61.8 Å². The van der Waals surface area contributed by atoms with Crippen LogP contribution < -0.4 is 0 Å². The van der Waals surface area contributed by atoms with Gasteiger partial charge in [0.1, 0.15) is 10.8 Å². The second-order valence-electron chi connectivity index (χ2n) is 4.75. The molecule has 5 rings (SSSR count). The summed E-state index contributed by atoms with van der Waals surface area (Å²) in [5.41, 5.74) is -1.35. The normalized spacial score (nSPS) is 60.1. The van der Waals surface area contributed by atoms with E-state index in [0.29, 0.717) is 0 Å². The zero-order valence-corrected chi connectivity index (χ0v) is 8.35. The fourth-order valence-corrected chi connectivity index (χ4v) is 4.35. The van der Waals surface area contributed by atoms with Crippen LogP contribution in [0.1, 0.15) is 0 Å². The van der Waals surface area contributed by atoms with Crippen molar-refractivity contribution < 1.29 is 23.8 Å². The van der Waals surface area contributed by atoms with E-state index in [-0.39, 0.29) is 36.0 Å². The molecule has 5 heteroatoms. The minimum Gasteiger partial charge on any atom is -0.468 e. The molecule has 0 aromatic rings. The molecule has 0 aromatic heterocycles. The van der Waals surface area contributed by atoms with E-state index in [2.05, 4.69) is 0 Å². The van der Waals surface area contributed by atoms with Crippen LogP contribution in [0.3, 0.4) is 0 Å². The van der Waals surface area contributed by atoms with E-state index < -0.39 is 10.8 Å². The summed E-state index contributed by atoms with van der Waals surface area (Å²) in [4.78, 5) is 23.5. The first-order chi connectivity index (χ1) is 7.18. The maximum atomic E-state index is 11.7. The van der Waals surface area contributed by atoms with Gasteiger partial charge < -0.3 is 14.2 Å². The molecule has 0 spiro atoms. The number of esters is 2. The lowest BCUT2D eigenvalue weighted by Gasteiger charge is -2.29. The van der Waals surface area contributed by atoms with Crippen LogP contribution in [0.25, 0.3) is 0 Å². The molecule has 80 valence electrons. The molecule has 2 bridgehead atoms. The molecule has 6 atom stereocenters. The van der Waals surface area contributed by atoms with Crippen LogP contribution >= 0.6 is 0 Å². The van der Waals surface area contributed by atoms with Gasteiger partial charge in [0.15, 0.2) is 0 Å². The molecule has 5 fully saturated rings. The van der Waals surface area contributed by atoms with Crippen molar-refractivity contribution in [2.24, 2.45) is 22.7 Å². The molecule has 2 heterocycles. The maximum Gasteiger partial charge on any atom is 0.316 e. The van der Waals surface area contributed by atoms with Crippen LogP contribution in [0, 0.1) is 22.7 Å². The Hall–Kier alpha value is -1.10. The molecule has 2 saturated heterocycles. The standard InChI is InChI=1S/C10H10O5/c1-13-7(11)9-3-4-6(15-5(3)9)10(4,9)8(12)14-2/h3-6H,1-2H3. The van der Waals surface area contributed by atoms with E-state index in [1.54, 1.807) is 0 Å². The Morgan fingerprint density at radius 1 is 1.00 bits per heavy atom. The zero-order valence-electron chi connectivity index (χ0n) is 8.35. The first kappa shape index (κ1) is 8.10. The van der Waals surface area contributed by atoms with E-state index in [0.717, 1.165) is 0 Å². The molecule has 5 aliphatic rings. The van der Waals surface area contributed by atoms with Crippen molar-refractivity contribution in [2.45, 2.75) is 12.2 Å². The summed E-state index contributed by atoms with van der Waals surface area (Å²) in [6, 6.07) is 0. The summed E-state index contributed by atoms with van der Waals surface area (Å²) in [5, 5.41) is 0. The van der Waals surface area contributed by atoms with Gasteiger partial charge in [-0.1, -0.05) is 0 Å². The largest absolute Gasteiger partial charge is 0.468 e. The lowest BCUT2D eigenvalue weighted by Crippen LogP contribution is -2.45. The smallest absolute Gasteiger partial charge is 0.316 e. The van der Waals surface area contributed by atoms with Gasteiger partial charge in [-0.2, -0.15) is 0 Å². The first-order valence-corrected chi connectivity index (χ1v) is 5.01. The minimum absolute atomic E-state index is 0.0842. The fraction of sp³-hybridized carbons (Fsp3) is 0.800. The Morgan fingerprint density at radius 3 is 1.67 bits per heavy atom. The summed E-state index contributed by atoms with van der Waals surface area (Å²) < 4.78 is 15.2. The molecule has 0 N–H and O–H groups in total. The van der Waals surface area contributed by atoms with E-state index in [9.17, 15) is 9.59 Å². The lowest BCUT2D eigenvalue weighted by molar-refractivity contribution is -0.168. The Balaban J connectivity index is 1.81. The predicted octanol–water partition coefficient (Wildman–Crippen LogP) is -0.654. The molecular formula is C10H10O5. The highest BCUT2D eigenvalue weighted by atomic mass is 16.6. The maximum absolute atomic E-state index is 11.7. The number of hydrogen-bond acceptors (Lipinski definition) is 5. The molecule has 3 saturated carbocycles. The van der Waals surface area contributed by atoms with E-state index >= 15 is 0 Å². The Labute approximate surface area is 85.7 Å². The van der Waals surface area contributed by atoms with Crippen molar-refractivity contribution in [3.63, 3.8) is 0 Å². The summed E-state index contributed by atoms with van der Waals surface area (Å²) in [5.74, 6) is -0.179. The lowest BCUT2D eigenvalue weighted by atomic mass is 9.72. The second-order valence-corrected chi connectivity index (χ2v) is 4.75. The average Bonchev–Trinajstić information content (AvgIpc) is 2.88. The third-order valence-electron chi connectivity index (χ3n) is 4.79. The van der Waals surface area contributed by atoms with Crippen molar-refractivity contribution in [1.82, 2.24) is 0 Å². The highest BCUT2D eigenvalue weighted by molar-refractivity contribution is 6.02. The highest BCUT2D eigenvalue weighted by Crippen LogP contribution is 2.99. The van der Waals surface area contributed by atoms with Crippen LogP contribution in [0.5, 0.6) is 0 Å². The second kappa shape index (κ2) is 1.80. The van der Waals surface area contributed by atoms with Gasteiger partial charge in [0.05, 0.1) is 26.4 Å². The van der Waals surface area contributed by atoms with Gasteiger partial charge in [-0.25, -0.2) is 0 Å². The Kier molecular flexibility index (Phi) is 0.969. The number of carbonyl (C=O) groups excluding carboxylic acids is 2. The fourth-order valence-electron chi connectivity index (χ4n) is 4.35. The molecular weight excluding hydrogens is 200 g/mol. The molecule has 0 amide bonds. The van der Waals surface area contributed by atoms with Gasteiger partial charge in [0, 0.05) is 11.8 Å². The Morgan fingerprint density at radius 2 is 1.40 bits per heavy atom. The third-order valence-corrected chi connectivity index (χ3v) is 4.79. The summed E-state index contributed by atoms with van der Waals surface area (Å²) in [7, 11) is 2.70. The first-order valence-electron chi connectivity index (χ1n) is 5.01. The SMILES string of the molecule is COC(=O)C12C3OC4C(C31)C42C(=O)OC. The average molecular weight is 210 g/mol. The third kappa shape index (κ3) is 0.427. The molecule has 0 aromatic carbocycles. The van der Waals surface area contributed by atoms with Gasteiger partial charge in [-0.15, -0.1) is 0 Å². The van der Waals surface area contributed by atoms with Crippen molar-refractivity contribution in [3.05, 3.63) is 0 Å². The zero-order chi connectivity index (χ0) is 10.6. The van der Waals surface area contributed by atoms with Crippen LogP contribution in [0.4, 0.5) is 0 Å². The van der Waals surface area contributed by atoms with Crippen molar-refractivity contribution in [1.29, 1.82) is 0 Å². The van der Waals surface area contributed by atoms with E-state index in [4.69, 9.17) is 14.2 Å². The van der Waals surface area contributed by atoms with Gasteiger partial charge >= 0.3 is 11.9 Å². The number of methoxy groups -OCH3 is 2. The number of rotatable bonds is 2. The van der Waals surface area contributed by atoms with Gasteiger partial charge in [-0.05, 0) is 0 Å². The van der Waals surface area contributed by atoms with Crippen LogP contribution in [-0.4, -0.2) is 38.4 Å². The Bertz CT molecular complexity index is 363. The molecule has 2 aliphatic heterocycles. The summed E-state index contributed by atoms with van der Waals surface area (Å²) in [6.45, 7) is 0. The minimum atomic E-state index is -0.676. The number of carbonyl (C=O) groups is 2. The predicted molar refractivity (Wildman–Crippen MR) is 44.5 cm³/mol. The molecule has 0 radical (unpaired) electrons. The molecule has 15 heavy (non-hydrogen) atoms. The molecule has 5 nitrogen and oxygen atoms in total. The molecule has 6 unspecified atom stereocenters. The highest BCUT2D eigenvalue weighted by Gasteiger charge is 3.12. The van der Waals surface area contributed by atoms with Crippen molar-refractivity contribution in [2.75, 3.05) is 14.2 Å². The van der Waals surface area contributed by atoms with Crippen LogP contribution in [0.15, 0.2) is 0 Å². The summed E-state index contributed by atoms with van der Waals surface area (Å²) >= 11 is 0. The van der Waals surface area contributed by atoms with Crippen LogP contribution in [0.2, 0.25) is 0 Å². The van der Waals surface area contributed by atoms with E-state index in [1.807, 2.05) is 0 Å². The van der Waals surface area contributed by atoms with Gasteiger partial charge in [0.2, 0.25) is 0 Å².